The van der Waals surface area contributed by atoms with E-state index >= 15 is 0 Å². The zero-order valence-corrected chi connectivity index (χ0v) is 12.0. The molecule has 2 rings (SSSR count). The molecule has 0 spiro atoms. The van der Waals surface area contributed by atoms with Gasteiger partial charge in [0.1, 0.15) is 11.7 Å². The van der Waals surface area contributed by atoms with E-state index in [2.05, 4.69) is 5.10 Å². The van der Waals surface area contributed by atoms with Crippen molar-refractivity contribution in [1.82, 2.24) is 9.78 Å². The van der Waals surface area contributed by atoms with Gasteiger partial charge in [-0.05, 0) is 13.3 Å². The summed E-state index contributed by atoms with van der Waals surface area (Å²) in [5, 5.41) is 11.9. The van der Waals surface area contributed by atoms with Crippen molar-refractivity contribution in [2.75, 3.05) is 29.5 Å². The Bertz CT molecular complexity index is 605. The third-order valence-corrected chi connectivity index (χ3v) is 5.03. The molecular weight excluding hydrogens is 266 g/mol. The molecule has 1 aromatic heterocycles. The molecule has 1 aliphatic heterocycles. The molecule has 0 amide bonds. The van der Waals surface area contributed by atoms with Crippen LogP contribution < -0.4 is 10.6 Å². The van der Waals surface area contributed by atoms with E-state index in [-0.39, 0.29) is 17.3 Å². The number of nitrogens with zero attached hydrogens (tertiary/aromatic N) is 3. The van der Waals surface area contributed by atoms with Crippen LogP contribution in [-0.2, 0) is 16.9 Å². The molecule has 1 aromatic rings. The first-order valence-corrected chi connectivity index (χ1v) is 7.97. The van der Waals surface area contributed by atoms with Crippen molar-refractivity contribution in [3.63, 3.8) is 0 Å². The minimum absolute atomic E-state index is 0.0345. The number of aromatic nitrogens is 2. The van der Waals surface area contributed by atoms with Crippen molar-refractivity contribution in [1.29, 1.82) is 5.41 Å². The van der Waals surface area contributed by atoms with Crippen LogP contribution in [0.25, 0.3) is 0 Å². The number of sulfone groups is 1. The molecule has 0 aromatic carbocycles. The van der Waals surface area contributed by atoms with Gasteiger partial charge in [-0.3, -0.25) is 10.1 Å². The average molecular weight is 285 g/mol. The van der Waals surface area contributed by atoms with Gasteiger partial charge in [0.25, 0.3) is 0 Å². The fraction of sp³-hybridized carbons (Fsp3) is 0.636. The topological polar surface area (TPSA) is 105 Å². The Morgan fingerprint density at radius 1 is 1.37 bits per heavy atom. The average Bonchev–Trinajstić information content (AvgIpc) is 2.47. The number of hydrogen-bond donors (Lipinski definition) is 2. The predicted molar refractivity (Wildman–Crippen MR) is 74.4 cm³/mol. The molecule has 0 aliphatic carbocycles. The molecule has 2 heterocycles. The Hall–Kier alpha value is -1.57. The molecule has 0 atom stereocenters. The van der Waals surface area contributed by atoms with Crippen LogP contribution in [0.15, 0.2) is 0 Å². The van der Waals surface area contributed by atoms with Gasteiger partial charge < -0.3 is 10.6 Å². The summed E-state index contributed by atoms with van der Waals surface area (Å²) in [6.45, 7) is 2.86. The summed E-state index contributed by atoms with van der Waals surface area (Å²) in [4.78, 5) is 1.96. The van der Waals surface area contributed by atoms with Crippen molar-refractivity contribution in [2.45, 2.75) is 13.3 Å². The zero-order chi connectivity index (χ0) is 14.2. The quantitative estimate of drug-likeness (QED) is 0.570. The fourth-order valence-corrected chi connectivity index (χ4v) is 3.75. The van der Waals surface area contributed by atoms with Crippen molar-refractivity contribution >= 4 is 21.5 Å². The molecule has 3 N–H and O–H groups in total. The van der Waals surface area contributed by atoms with Crippen LogP contribution in [-0.4, -0.2) is 48.6 Å². The molecule has 106 valence electrons. The van der Waals surface area contributed by atoms with Crippen LogP contribution in [0, 0.1) is 12.3 Å². The van der Waals surface area contributed by atoms with Gasteiger partial charge in [-0.15, -0.1) is 0 Å². The van der Waals surface area contributed by atoms with E-state index in [0.717, 1.165) is 5.82 Å². The highest BCUT2D eigenvalue weighted by molar-refractivity contribution is 7.91. The smallest absolute Gasteiger partial charge is 0.152 e. The van der Waals surface area contributed by atoms with Gasteiger partial charge in [0, 0.05) is 20.1 Å². The predicted octanol–water partition coefficient (Wildman–Crippen LogP) is -0.363. The summed E-state index contributed by atoms with van der Waals surface area (Å²) >= 11 is 0. The molecule has 0 saturated carbocycles. The Labute approximate surface area is 112 Å². The Morgan fingerprint density at radius 2 is 2.05 bits per heavy atom. The van der Waals surface area contributed by atoms with Gasteiger partial charge in [-0.2, -0.15) is 5.10 Å². The number of anilines is 1. The molecule has 0 bridgehead atoms. The van der Waals surface area contributed by atoms with Gasteiger partial charge in [0.05, 0.1) is 22.8 Å². The van der Waals surface area contributed by atoms with Crippen LogP contribution in [0.5, 0.6) is 0 Å². The third-order valence-electron chi connectivity index (χ3n) is 3.32. The first-order valence-electron chi connectivity index (χ1n) is 6.15. The lowest BCUT2D eigenvalue weighted by molar-refractivity contribution is 0.597. The maximum Gasteiger partial charge on any atom is 0.152 e. The molecule has 19 heavy (non-hydrogen) atoms. The first-order chi connectivity index (χ1) is 8.82. The van der Waals surface area contributed by atoms with Gasteiger partial charge >= 0.3 is 0 Å². The van der Waals surface area contributed by atoms with Gasteiger partial charge in [-0.1, -0.05) is 0 Å². The van der Waals surface area contributed by atoms with Crippen LogP contribution in [0.4, 0.5) is 5.82 Å². The lowest BCUT2D eigenvalue weighted by atomic mass is 10.2. The maximum atomic E-state index is 11.6. The van der Waals surface area contributed by atoms with Crippen LogP contribution in [0.1, 0.15) is 17.7 Å². The summed E-state index contributed by atoms with van der Waals surface area (Å²) in [7, 11) is -1.17. The number of hydrogen-bond acceptors (Lipinski definition) is 5. The Morgan fingerprint density at radius 3 is 2.68 bits per heavy atom. The molecule has 0 radical (unpaired) electrons. The van der Waals surface area contributed by atoms with E-state index in [4.69, 9.17) is 11.1 Å². The second-order valence-electron chi connectivity index (χ2n) is 4.81. The van der Waals surface area contributed by atoms with E-state index in [1.165, 1.54) is 0 Å². The summed E-state index contributed by atoms with van der Waals surface area (Å²) in [6.07, 6.45) is 0.587. The van der Waals surface area contributed by atoms with E-state index in [1.54, 1.807) is 18.7 Å². The number of nitrogens with two attached hydrogens (primary N) is 1. The first kappa shape index (κ1) is 13.9. The second-order valence-corrected chi connectivity index (χ2v) is 7.12. The maximum absolute atomic E-state index is 11.6. The number of nitrogen functional groups attached to an aromatic ring is 1. The van der Waals surface area contributed by atoms with Crippen LogP contribution in [0.2, 0.25) is 0 Å². The summed E-state index contributed by atoms with van der Waals surface area (Å²) in [5.74, 6) is 1.06. The largest absolute Gasteiger partial charge is 0.384 e. The van der Waals surface area contributed by atoms with Crippen molar-refractivity contribution in [3.05, 3.63) is 11.3 Å². The van der Waals surface area contributed by atoms with Crippen molar-refractivity contribution < 1.29 is 8.42 Å². The lowest BCUT2D eigenvalue weighted by Gasteiger charge is -2.23. The van der Waals surface area contributed by atoms with Gasteiger partial charge in [-0.25, -0.2) is 8.42 Å². The van der Waals surface area contributed by atoms with E-state index in [0.29, 0.717) is 30.8 Å². The monoisotopic (exact) mass is 285 g/mol. The summed E-state index contributed by atoms with van der Waals surface area (Å²) < 4.78 is 25.0. The van der Waals surface area contributed by atoms with Crippen LogP contribution >= 0.6 is 0 Å². The Balaban J connectivity index is 2.39. The van der Waals surface area contributed by atoms with E-state index < -0.39 is 9.84 Å². The molecule has 7 nitrogen and oxygen atoms in total. The minimum atomic E-state index is -2.96. The highest BCUT2D eigenvalue weighted by Crippen LogP contribution is 2.24. The van der Waals surface area contributed by atoms with Gasteiger partial charge in [0.15, 0.2) is 9.84 Å². The molecular formula is C11H19N5O2S. The minimum Gasteiger partial charge on any atom is -0.384 e. The van der Waals surface area contributed by atoms with E-state index in [9.17, 15) is 8.42 Å². The summed E-state index contributed by atoms with van der Waals surface area (Å²) in [6, 6.07) is 0. The number of amidine groups is 1. The lowest BCUT2D eigenvalue weighted by Crippen LogP contribution is -2.31. The van der Waals surface area contributed by atoms with Crippen molar-refractivity contribution in [3.8, 4) is 0 Å². The molecule has 1 aliphatic rings. The third kappa shape index (κ3) is 2.73. The highest BCUT2D eigenvalue weighted by atomic mass is 32.2. The second kappa shape index (κ2) is 4.84. The molecule has 8 heteroatoms. The Kier molecular flexibility index (Phi) is 3.53. The number of nitrogens with one attached hydrogen (secondary N) is 1. The number of rotatable bonds is 2. The molecule has 0 unspecified atom stereocenters. The standard InChI is InChI=1S/C11H19N5O2S/c1-8-9(10(12)13)11(15(2)14-8)16-4-3-6-19(17,18)7-5-16/h3-7H2,1-2H3,(H3,12,13). The zero-order valence-electron chi connectivity index (χ0n) is 11.2. The normalized spacial score (nSPS) is 19.2. The van der Waals surface area contributed by atoms with E-state index in [1.807, 2.05) is 4.90 Å². The van der Waals surface area contributed by atoms with Crippen LogP contribution in [0.3, 0.4) is 0 Å². The molecule has 1 saturated heterocycles. The van der Waals surface area contributed by atoms with Crippen molar-refractivity contribution in [2.24, 2.45) is 12.8 Å². The number of aryl methyl sites for hydroxylation is 2. The molecule has 1 fully saturated rings. The summed E-state index contributed by atoms with van der Waals surface area (Å²) in [5.41, 5.74) is 6.90. The van der Waals surface area contributed by atoms with Gasteiger partial charge in [0.2, 0.25) is 0 Å². The highest BCUT2D eigenvalue weighted by Gasteiger charge is 2.25. The fourth-order valence-electron chi connectivity index (χ4n) is 2.47. The SMILES string of the molecule is Cc1nn(C)c(N2CCCS(=O)(=O)CC2)c1C(=N)N.